The minimum absolute atomic E-state index is 0.296. The van der Waals surface area contributed by atoms with Crippen molar-refractivity contribution in [3.8, 4) is 0 Å². The van der Waals surface area contributed by atoms with E-state index in [9.17, 15) is 4.79 Å². The zero-order valence-electron chi connectivity index (χ0n) is 13.3. The number of anilines is 2. The van der Waals surface area contributed by atoms with E-state index in [2.05, 4.69) is 29.1 Å². The Bertz CT molecular complexity index is 889. The fraction of sp³-hybridized carbons (Fsp3) is 0.235. The molecule has 0 atom stereocenters. The summed E-state index contributed by atoms with van der Waals surface area (Å²) in [6.07, 6.45) is 2.37. The van der Waals surface area contributed by atoms with E-state index in [4.69, 9.17) is 17.3 Å². The molecule has 3 rings (SSSR count). The number of nitrogens with zero attached hydrogens (tertiary/aromatic N) is 2. The van der Waals surface area contributed by atoms with Gasteiger partial charge < -0.3 is 11.1 Å². The van der Waals surface area contributed by atoms with Gasteiger partial charge in [0.15, 0.2) is 0 Å². The fourth-order valence-electron chi connectivity index (χ4n) is 2.36. The topological polar surface area (TPSA) is 80.9 Å². The van der Waals surface area contributed by atoms with Crippen LogP contribution in [-0.2, 0) is 6.42 Å². The maximum atomic E-state index is 12.5. The molecule has 0 saturated heterocycles. The van der Waals surface area contributed by atoms with E-state index in [0.29, 0.717) is 27.3 Å². The van der Waals surface area contributed by atoms with Crippen molar-refractivity contribution >= 4 is 50.6 Å². The lowest BCUT2D eigenvalue weighted by molar-refractivity contribution is 0.103. The van der Waals surface area contributed by atoms with Gasteiger partial charge in [-0.2, -0.15) is 0 Å². The molecule has 1 amide bonds. The number of hydrogen-bond donors (Lipinski definition) is 2. The zero-order chi connectivity index (χ0) is 17.3. The molecular formula is C17H17ClN4OS. The van der Waals surface area contributed by atoms with Crippen LogP contribution in [0, 0.1) is 5.92 Å². The number of aromatic nitrogens is 2. The van der Waals surface area contributed by atoms with Gasteiger partial charge in [-0.1, -0.05) is 25.4 Å². The van der Waals surface area contributed by atoms with Crippen molar-refractivity contribution in [2.24, 2.45) is 5.92 Å². The number of nitrogen functional groups attached to an aromatic ring is 1. The van der Waals surface area contributed by atoms with E-state index in [1.807, 2.05) is 12.1 Å². The van der Waals surface area contributed by atoms with Crippen LogP contribution in [-0.4, -0.2) is 15.9 Å². The number of rotatable bonds is 4. The van der Waals surface area contributed by atoms with Crippen LogP contribution in [0.15, 0.2) is 30.5 Å². The third-order valence-electron chi connectivity index (χ3n) is 3.44. The van der Waals surface area contributed by atoms with Gasteiger partial charge in [0.2, 0.25) is 0 Å². The number of carbonyl (C=O) groups excluding carboxylic acids is 1. The molecular weight excluding hydrogens is 344 g/mol. The SMILES string of the molecule is CC(C)Cc1ccc2c(N)c(C(=O)Nc3ccc(Cl)cn3)sc2n1. The van der Waals surface area contributed by atoms with E-state index in [-0.39, 0.29) is 5.91 Å². The number of pyridine rings is 2. The summed E-state index contributed by atoms with van der Waals surface area (Å²) in [5, 5.41) is 4.05. The molecule has 0 bridgehead atoms. The first-order valence-electron chi connectivity index (χ1n) is 7.55. The molecule has 124 valence electrons. The first-order valence-corrected chi connectivity index (χ1v) is 8.74. The number of carbonyl (C=O) groups is 1. The predicted molar refractivity (Wildman–Crippen MR) is 99.8 cm³/mol. The van der Waals surface area contributed by atoms with Gasteiger partial charge in [0.1, 0.15) is 15.5 Å². The van der Waals surface area contributed by atoms with E-state index < -0.39 is 0 Å². The van der Waals surface area contributed by atoms with E-state index in [1.54, 1.807) is 12.1 Å². The number of hydrogen-bond acceptors (Lipinski definition) is 5. The van der Waals surface area contributed by atoms with Gasteiger partial charge in [0.05, 0.1) is 10.7 Å². The molecule has 0 spiro atoms. The number of fused-ring (bicyclic) bond motifs is 1. The lowest BCUT2D eigenvalue weighted by atomic mass is 10.1. The average Bonchev–Trinajstić information content (AvgIpc) is 2.85. The monoisotopic (exact) mass is 360 g/mol. The maximum absolute atomic E-state index is 12.5. The van der Waals surface area contributed by atoms with Crippen LogP contribution >= 0.6 is 22.9 Å². The van der Waals surface area contributed by atoms with Crippen LogP contribution in [0.2, 0.25) is 5.02 Å². The number of thiophene rings is 1. The van der Waals surface area contributed by atoms with Gasteiger partial charge in [0, 0.05) is 17.3 Å². The molecule has 3 aromatic rings. The summed E-state index contributed by atoms with van der Waals surface area (Å²) >= 11 is 7.09. The van der Waals surface area contributed by atoms with Gasteiger partial charge in [-0.05, 0) is 36.6 Å². The second kappa shape index (κ2) is 6.75. The molecule has 3 aromatic heterocycles. The number of nitrogens with one attached hydrogen (secondary N) is 1. The molecule has 0 aliphatic rings. The Kier molecular flexibility index (Phi) is 4.69. The maximum Gasteiger partial charge on any atom is 0.269 e. The van der Waals surface area contributed by atoms with Crippen molar-refractivity contribution in [3.05, 3.63) is 46.1 Å². The van der Waals surface area contributed by atoms with Crippen molar-refractivity contribution in [2.45, 2.75) is 20.3 Å². The minimum atomic E-state index is -0.296. The Hall–Kier alpha value is -2.18. The molecule has 0 radical (unpaired) electrons. The summed E-state index contributed by atoms with van der Waals surface area (Å²) in [7, 11) is 0. The van der Waals surface area contributed by atoms with Gasteiger partial charge in [0.25, 0.3) is 5.91 Å². The van der Waals surface area contributed by atoms with Crippen molar-refractivity contribution in [2.75, 3.05) is 11.1 Å². The Morgan fingerprint density at radius 3 is 2.79 bits per heavy atom. The summed E-state index contributed by atoms with van der Waals surface area (Å²) < 4.78 is 0. The molecule has 3 N–H and O–H groups in total. The zero-order valence-corrected chi connectivity index (χ0v) is 14.9. The highest BCUT2D eigenvalue weighted by molar-refractivity contribution is 7.21. The standard InChI is InChI=1S/C17H17ClN4OS/c1-9(2)7-11-4-5-12-14(19)15(24-17(12)21-11)16(23)22-13-6-3-10(18)8-20-13/h3-6,8-9H,7,19H2,1-2H3,(H,20,22,23). The number of amides is 1. The lowest BCUT2D eigenvalue weighted by Gasteiger charge is -2.03. The first-order chi connectivity index (χ1) is 11.4. The third kappa shape index (κ3) is 3.49. The Morgan fingerprint density at radius 1 is 1.33 bits per heavy atom. The van der Waals surface area contributed by atoms with Crippen molar-refractivity contribution in [1.82, 2.24) is 9.97 Å². The van der Waals surface area contributed by atoms with E-state index in [0.717, 1.165) is 22.3 Å². The highest BCUT2D eigenvalue weighted by Gasteiger charge is 2.18. The van der Waals surface area contributed by atoms with Crippen LogP contribution in [0.25, 0.3) is 10.2 Å². The highest BCUT2D eigenvalue weighted by atomic mass is 35.5. The normalized spacial score (nSPS) is 11.2. The molecule has 0 aromatic carbocycles. The summed E-state index contributed by atoms with van der Waals surface area (Å²) in [6, 6.07) is 7.21. The molecule has 0 aliphatic heterocycles. The molecule has 24 heavy (non-hydrogen) atoms. The van der Waals surface area contributed by atoms with Crippen LogP contribution < -0.4 is 11.1 Å². The smallest absolute Gasteiger partial charge is 0.269 e. The van der Waals surface area contributed by atoms with Gasteiger partial charge >= 0.3 is 0 Å². The molecule has 0 fully saturated rings. The van der Waals surface area contributed by atoms with E-state index >= 15 is 0 Å². The molecule has 0 aliphatic carbocycles. The van der Waals surface area contributed by atoms with Crippen molar-refractivity contribution in [3.63, 3.8) is 0 Å². The van der Waals surface area contributed by atoms with Gasteiger partial charge in [-0.15, -0.1) is 11.3 Å². The largest absolute Gasteiger partial charge is 0.397 e. The van der Waals surface area contributed by atoms with Gasteiger partial charge in [-0.25, -0.2) is 9.97 Å². The van der Waals surface area contributed by atoms with Gasteiger partial charge in [-0.3, -0.25) is 4.79 Å². The molecule has 0 saturated carbocycles. The second-order valence-electron chi connectivity index (χ2n) is 5.91. The number of halogens is 1. The summed E-state index contributed by atoms with van der Waals surface area (Å²) in [5.41, 5.74) is 7.59. The van der Waals surface area contributed by atoms with Crippen molar-refractivity contribution in [1.29, 1.82) is 0 Å². The molecule has 3 heterocycles. The predicted octanol–water partition coefficient (Wildman–Crippen LogP) is 4.38. The lowest BCUT2D eigenvalue weighted by Crippen LogP contribution is -2.12. The summed E-state index contributed by atoms with van der Waals surface area (Å²) in [4.78, 5) is 22.4. The molecule has 5 nitrogen and oxygen atoms in total. The second-order valence-corrected chi connectivity index (χ2v) is 7.35. The fourth-order valence-corrected chi connectivity index (χ4v) is 3.48. The third-order valence-corrected chi connectivity index (χ3v) is 4.78. The van der Waals surface area contributed by atoms with Crippen LogP contribution in [0.5, 0.6) is 0 Å². The molecule has 7 heteroatoms. The minimum Gasteiger partial charge on any atom is -0.397 e. The summed E-state index contributed by atoms with van der Waals surface area (Å²) in [5.74, 6) is 0.649. The van der Waals surface area contributed by atoms with Crippen LogP contribution in [0.4, 0.5) is 11.5 Å². The average molecular weight is 361 g/mol. The highest BCUT2D eigenvalue weighted by Crippen LogP contribution is 2.33. The van der Waals surface area contributed by atoms with Crippen molar-refractivity contribution < 1.29 is 4.79 Å². The summed E-state index contributed by atoms with van der Waals surface area (Å²) in [6.45, 7) is 4.29. The Labute approximate surface area is 148 Å². The quantitative estimate of drug-likeness (QED) is 0.723. The molecule has 0 unspecified atom stereocenters. The first kappa shape index (κ1) is 16.7. The Balaban J connectivity index is 1.89. The van der Waals surface area contributed by atoms with Crippen LogP contribution in [0.1, 0.15) is 29.2 Å². The van der Waals surface area contributed by atoms with E-state index in [1.165, 1.54) is 17.5 Å². The number of nitrogens with two attached hydrogens (primary N) is 1. The van der Waals surface area contributed by atoms with Crippen LogP contribution in [0.3, 0.4) is 0 Å². The Morgan fingerprint density at radius 2 is 2.12 bits per heavy atom.